The Bertz CT molecular complexity index is 2210. The van der Waals surface area contributed by atoms with E-state index in [1.54, 1.807) is 50.3 Å². The van der Waals surface area contributed by atoms with E-state index in [0.29, 0.717) is 59.4 Å². The van der Waals surface area contributed by atoms with E-state index in [2.05, 4.69) is 9.97 Å². The van der Waals surface area contributed by atoms with Crippen LogP contribution in [0.3, 0.4) is 0 Å². The summed E-state index contributed by atoms with van der Waals surface area (Å²) in [6.07, 6.45) is 1.63. The van der Waals surface area contributed by atoms with Crippen LogP contribution >= 0.6 is 23.1 Å². The Morgan fingerprint density at radius 2 is 1.85 bits per heavy atom. The van der Waals surface area contributed by atoms with Crippen LogP contribution in [0.2, 0.25) is 0 Å². The van der Waals surface area contributed by atoms with Crippen LogP contribution in [0.15, 0.2) is 102 Å². The fourth-order valence-corrected chi connectivity index (χ4v) is 6.86. The molecule has 1 N–H and O–H groups in total. The van der Waals surface area contributed by atoms with Crippen LogP contribution < -0.4 is 29.9 Å². The SMILES string of the molecule is CCOC(=O)C1=C(c2ccccc2)N=c2s/c(=C/c3ccc(Sc4nc(C)cc(=O)[nH]4)o3)c(=O)n2[C@H]1c1ccc(OC)c(OC)c1. The molecule has 0 aliphatic carbocycles. The lowest BCUT2D eigenvalue weighted by Gasteiger charge is -2.26. The number of rotatable bonds is 9. The number of hydrogen-bond acceptors (Lipinski definition) is 11. The number of hydrogen-bond donors (Lipinski definition) is 1. The molecule has 0 unspecified atom stereocenters. The number of methoxy groups -OCH3 is 2. The summed E-state index contributed by atoms with van der Waals surface area (Å²) in [6.45, 7) is 3.60. The van der Waals surface area contributed by atoms with Gasteiger partial charge >= 0.3 is 5.97 Å². The molecule has 0 bridgehead atoms. The van der Waals surface area contributed by atoms with Gasteiger partial charge < -0.3 is 23.6 Å². The highest BCUT2D eigenvalue weighted by Crippen LogP contribution is 2.38. The van der Waals surface area contributed by atoms with Crippen molar-refractivity contribution in [1.82, 2.24) is 14.5 Å². The van der Waals surface area contributed by atoms with Gasteiger partial charge in [-0.2, -0.15) is 0 Å². The van der Waals surface area contributed by atoms with Gasteiger partial charge in [0.1, 0.15) is 5.76 Å². The molecule has 3 aromatic heterocycles. The number of thiazole rings is 1. The molecule has 234 valence electrons. The molecule has 0 radical (unpaired) electrons. The fourth-order valence-electron chi connectivity index (χ4n) is 5.07. The number of aromatic amines is 1. The van der Waals surface area contributed by atoms with Gasteiger partial charge in [-0.3, -0.25) is 14.2 Å². The molecule has 0 saturated carbocycles. The van der Waals surface area contributed by atoms with Crippen molar-refractivity contribution in [1.29, 1.82) is 0 Å². The molecular weight excluding hydrogens is 629 g/mol. The Morgan fingerprint density at radius 3 is 2.57 bits per heavy atom. The van der Waals surface area contributed by atoms with Gasteiger partial charge in [0, 0.05) is 23.4 Å². The van der Waals surface area contributed by atoms with Gasteiger partial charge in [-0.05, 0) is 55.4 Å². The quantitative estimate of drug-likeness (QED) is 0.184. The highest BCUT2D eigenvalue weighted by atomic mass is 32.2. The predicted molar refractivity (Wildman–Crippen MR) is 173 cm³/mol. The van der Waals surface area contributed by atoms with E-state index < -0.39 is 12.0 Å². The third-order valence-electron chi connectivity index (χ3n) is 7.02. The Morgan fingerprint density at radius 1 is 1.07 bits per heavy atom. The molecule has 5 aromatic rings. The molecule has 4 heterocycles. The van der Waals surface area contributed by atoms with Gasteiger partial charge in [0.05, 0.1) is 42.7 Å². The summed E-state index contributed by atoms with van der Waals surface area (Å²) in [4.78, 5) is 52.0. The molecule has 1 aliphatic rings. The summed E-state index contributed by atoms with van der Waals surface area (Å²) in [5.74, 6) is 0.765. The summed E-state index contributed by atoms with van der Waals surface area (Å²) >= 11 is 2.33. The Kier molecular flexibility index (Phi) is 8.77. The second kappa shape index (κ2) is 13.1. The number of aromatic nitrogens is 3. The van der Waals surface area contributed by atoms with Gasteiger partial charge in [0.25, 0.3) is 11.1 Å². The van der Waals surface area contributed by atoms with E-state index in [4.69, 9.17) is 23.6 Å². The van der Waals surface area contributed by atoms with Gasteiger partial charge in [-0.1, -0.05) is 47.7 Å². The van der Waals surface area contributed by atoms with Crippen LogP contribution in [0, 0.1) is 6.92 Å². The predicted octanol–water partition coefficient (Wildman–Crippen LogP) is 4.09. The number of carbonyl (C=O) groups excluding carboxylic acids is 1. The highest BCUT2D eigenvalue weighted by molar-refractivity contribution is 7.99. The van der Waals surface area contributed by atoms with E-state index in [9.17, 15) is 14.4 Å². The van der Waals surface area contributed by atoms with E-state index >= 15 is 0 Å². The number of furan rings is 1. The number of fused-ring (bicyclic) bond motifs is 1. The van der Waals surface area contributed by atoms with Crippen molar-refractivity contribution in [2.24, 2.45) is 4.99 Å². The average molecular weight is 657 g/mol. The van der Waals surface area contributed by atoms with Crippen LogP contribution in [0.25, 0.3) is 11.8 Å². The minimum atomic E-state index is -0.889. The maximum Gasteiger partial charge on any atom is 0.338 e. The number of nitrogens with zero attached hydrogens (tertiary/aromatic N) is 3. The molecular formula is C33H28N4O7S2. The molecule has 13 heteroatoms. The Hall–Kier alpha value is -5.14. The van der Waals surface area contributed by atoms with Crippen LogP contribution in [-0.4, -0.2) is 41.3 Å². The first kappa shape index (κ1) is 30.9. The summed E-state index contributed by atoms with van der Waals surface area (Å²) in [6, 6.07) is 18.5. The molecule has 0 fully saturated rings. The van der Waals surface area contributed by atoms with Crippen molar-refractivity contribution in [2.75, 3.05) is 20.8 Å². The number of carbonyl (C=O) groups is 1. The number of aryl methyl sites for hydroxylation is 1. The monoisotopic (exact) mass is 656 g/mol. The van der Waals surface area contributed by atoms with Crippen molar-refractivity contribution >= 4 is 40.8 Å². The number of nitrogens with one attached hydrogen (secondary N) is 1. The Balaban J connectivity index is 1.53. The smallest absolute Gasteiger partial charge is 0.338 e. The summed E-state index contributed by atoms with van der Waals surface area (Å²) in [5.41, 5.74) is 1.88. The van der Waals surface area contributed by atoms with E-state index in [0.717, 1.165) is 11.8 Å². The summed E-state index contributed by atoms with van der Waals surface area (Å²) < 4.78 is 24.4. The molecule has 6 rings (SSSR count). The van der Waals surface area contributed by atoms with Crippen LogP contribution in [0.4, 0.5) is 0 Å². The minimum Gasteiger partial charge on any atom is -0.493 e. The molecule has 1 aliphatic heterocycles. The second-order valence-corrected chi connectivity index (χ2v) is 12.0. The lowest BCUT2D eigenvalue weighted by Crippen LogP contribution is -2.40. The van der Waals surface area contributed by atoms with Gasteiger partial charge in [0.15, 0.2) is 26.5 Å². The molecule has 46 heavy (non-hydrogen) atoms. The zero-order valence-electron chi connectivity index (χ0n) is 25.2. The first-order valence-corrected chi connectivity index (χ1v) is 15.8. The fraction of sp³-hybridized carbons (Fsp3) is 0.182. The van der Waals surface area contributed by atoms with Crippen LogP contribution in [0.1, 0.15) is 35.5 Å². The largest absolute Gasteiger partial charge is 0.493 e. The number of H-pyrrole nitrogens is 1. The van der Waals surface area contributed by atoms with E-state index in [-0.39, 0.29) is 23.3 Å². The first-order chi connectivity index (χ1) is 22.3. The Labute approximate surface area is 270 Å². The summed E-state index contributed by atoms with van der Waals surface area (Å²) in [7, 11) is 3.06. The number of ether oxygens (including phenoxy) is 3. The van der Waals surface area contributed by atoms with Crippen molar-refractivity contribution in [3.63, 3.8) is 0 Å². The number of esters is 1. The van der Waals surface area contributed by atoms with Gasteiger partial charge in [0.2, 0.25) is 0 Å². The maximum absolute atomic E-state index is 14.2. The molecule has 2 aromatic carbocycles. The van der Waals surface area contributed by atoms with Crippen molar-refractivity contribution in [3.8, 4) is 11.5 Å². The van der Waals surface area contributed by atoms with E-state index in [1.165, 1.54) is 36.2 Å². The summed E-state index contributed by atoms with van der Waals surface area (Å²) in [5, 5.41) is 0.868. The topological polar surface area (TPSA) is 138 Å². The minimum absolute atomic E-state index is 0.137. The number of benzene rings is 2. The third-order valence-corrected chi connectivity index (χ3v) is 8.81. The second-order valence-electron chi connectivity index (χ2n) is 10.00. The standard InChI is InChI=1S/C33H28N4O7S2/c1-5-43-31(40)27-28(19-9-7-6-8-10-19)36-33-37(29(27)20-11-13-22(41-3)23(16-20)42-4)30(39)24(45-33)17-21-12-14-26(44-21)46-32-34-18(2)15-25(38)35-32/h6-17,29H,5H2,1-4H3,(H,34,35,38)/b24-17+/t29-/m0/s1. The lowest BCUT2D eigenvalue weighted by atomic mass is 9.93. The van der Waals surface area contributed by atoms with E-state index in [1.807, 2.05) is 30.3 Å². The average Bonchev–Trinajstić information content (AvgIpc) is 3.62. The molecule has 0 amide bonds. The lowest BCUT2D eigenvalue weighted by molar-refractivity contribution is -0.138. The van der Waals surface area contributed by atoms with Gasteiger partial charge in [-0.25, -0.2) is 14.8 Å². The molecule has 11 nitrogen and oxygen atoms in total. The molecule has 0 spiro atoms. The maximum atomic E-state index is 14.2. The molecule has 1 atom stereocenters. The van der Waals surface area contributed by atoms with Crippen molar-refractivity contribution < 1.29 is 23.4 Å². The zero-order chi connectivity index (χ0) is 32.4. The highest BCUT2D eigenvalue weighted by Gasteiger charge is 2.35. The van der Waals surface area contributed by atoms with Crippen LogP contribution in [-0.2, 0) is 9.53 Å². The zero-order valence-corrected chi connectivity index (χ0v) is 26.9. The molecule has 0 saturated heterocycles. The third kappa shape index (κ3) is 6.06. The van der Waals surface area contributed by atoms with Crippen LogP contribution in [0.5, 0.6) is 11.5 Å². The van der Waals surface area contributed by atoms with Crippen molar-refractivity contribution in [3.05, 3.63) is 125 Å². The van der Waals surface area contributed by atoms with Crippen molar-refractivity contribution in [2.45, 2.75) is 30.1 Å². The normalized spacial score (nSPS) is 14.5. The first-order valence-electron chi connectivity index (χ1n) is 14.2. The van der Waals surface area contributed by atoms with Gasteiger partial charge in [-0.15, -0.1) is 0 Å².